The Balaban J connectivity index is 2.12. The van der Waals surface area contributed by atoms with Crippen LogP contribution in [0.25, 0.3) is 0 Å². The molecule has 1 aliphatic rings. The van der Waals surface area contributed by atoms with Crippen LogP contribution < -0.4 is 5.32 Å². The van der Waals surface area contributed by atoms with E-state index in [-0.39, 0.29) is 12.5 Å². The average Bonchev–Trinajstić information content (AvgIpc) is 2.80. The summed E-state index contributed by atoms with van der Waals surface area (Å²) in [6.07, 6.45) is 2.98. The van der Waals surface area contributed by atoms with Gasteiger partial charge in [-0.25, -0.2) is 4.79 Å². The number of carboxylic acids is 1. The van der Waals surface area contributed by atoms with Gasteiger partial charge in [0, 0.05) is 17.4 Å². The van der Waals surface area contributed by atoms with Crippen LogP contribution in [-0.4, -0.2) is 36.7 Å². The summed E-state index contributed by atoms with van der Waals surface area (Å²) in [7, 11) is 1.41. The summed E-state index contributed by atoms with van der Waals surface area (Å²) in [4.78, 5) is 24.5. The van der Waals surface area contributed by atoms with E-state index in [4.69, 9.17) is 9.84 Å². The monoisotopic (exact) mass is 297 g/mol. The minimum atomic E-state index is -1.09. The normalized spacial score (nSPS) is 19.2. The molecule has 0 aliphatic heterocycles. The Morgan fingerprint density at radius 3 is 3.00 bits per heavy atom. The number of hydrogen-bond acceptors (Lipinski definition) is 4. The van der Waals surface area contributed by atoms with Crippen LogP contribution in [0.2, 0.25) is 0 Å². The molecule has 2 rings (SSSR count). The Morgan fingerprint density at radius 1 is 1.60 bits per heavy atom. The van der Waals surface area contributed by atoms with Gasteiger partial charge in [-0.2, -0.15) is 0 Å². The van der Waals surface area contributed by atoms with Crippen molar-refractivity contribution in [2.45, 2.75) is 32.2 Å². The van der Waals surface area contributed by atoms with E-state index in [0.717, 1.165) is 24.8 Å². The summed E-state index contributed by atoms with van der Waals surface area (Å²) >= 11 is 1.59. The lowest BCUT2D eigenvalue weighted by atomic mass is 9.88. The van der Waals surface area contributed by atoms with Gasteiger partial charge in [-0.05, 0) is 30.7 Å². The first kappa shape index (κ1) is 15.0. The molecule has 1 aliphatic carbocycles. The van der Waals surface area contributed by atoms with Gasteiger partial charge in [0.1, 0.15) is 0 Å². The largest absolute Gasteiger partial charge is 0.480 e. The molecular formula is C14H19NO4S. The predicted octanol–water partition coefficient (Wildman–Crippen LogP) is 1.70. The van der Waals surface area contributed by atoms with Crippen LogP contribution in [0.3, 0.4) is 0 Å². The number of hydrogen-bond donors (Lipinski definition) is 2. The maximum Gasteiger partial charge on any atom is 0.328 e. The van der Waals surface area contributed by atoms with E-state index in [1.54, 1.807) is 11.3 Å². The fraction of sp³-hybridized carbons (Fsp3) is 0.571. The third kappa shape index (κ3) is 3.19. The Kier molecular flexibility index (Phi) is 4.77. The molecule has 1 amide bonds. The van der Waals surface area contributed by atoms with Crippen molar-refractivity contribution in [2.75, 3.05) is 13.7 Å². The van der Waals surface area contributed by atoms with Crippen molar-refractivity contribution in [2.24, 2.45) is 5.92 Å². The Bertz CT molecular complexity index is 511. The first-order valence-electron chi connectivity index (χ1n) is 6.64. The first-order valence-corrected chi connectivity index (χ1v) is 7.52. The van der Waals surface area contributed by atoms with Crippen molar-refractivity contribution in [1.29, 1.82) is 0 Å². The van der Waals surface area contributed by atoms with Gasteiger partial charge in [0.25, 0.3) is 5.91 Å². The summed E-state index contributed by atoms with van der Waals surface area (Å²) in [5, 5.41) is 13.4. The van der Waals surface area contributed by atoms with Gasteiger partial charge in [-0.15, -0.1) is 11.3 Å². The molecule has 0 aromatic carbocycles. The molecule has 1 heterocycles. The number of fused-ring (bicyclic) bond motifs is 1. The van der Waals surface area contributed by atoms with Crippen LogP contribution in [0.4, 0.5) is 0 Å². The third-order valence-electron chi connectivity index (χ3n) is 3.58. The molecule has 0 bridgehead atoms. The van der Waals surface area contributed by atoms with Crippen LogP contribution in [-0.2, 0) is 22.4 Å². The molecule has 0 spiro atoms. The molecule has 20 heavy (non-hydrogen) atoms. The molecule has 0 saturated carbocycles. The summed E-state index contributed by atoms with van der Waals surface area (Å²) in [6, 6.07) is -1.01. The molecule has 0 radical (unpaired) electrons. The minimum absolute atomic E-state index is 0.0373. The number of carboxylic acid groups (broad SMARTS) is 1. The van der Waals surface area contributed by atoms with Crippen LogP contribution in [0.15, 0.2) is 5.38 Å². The number of carbonyl (C=O) groups excluding carboxylic acids is 1. The number of rotatable bonds is 5. The van der Waals surface area contributed by atoms with Gasteiger partial charge in [0.2, 0.25) is 0 Å². The zero-order valence-electron chi connectivity index (χ0n) is 11.6. The van der Waals surface area contributed by atoms with E-state index in [1.165, 1.54) is 12.0 Å². The van der Waals surface area contributed by atoms with Crippen molar-refractivity contribution in [3.05, 3.63) is 21.4 Å². The van der Waals surface area contributed by atoms with E-state index in [9.17, 15) is 9.59 Å². The molecule has 6 heteroatoms. The smallest absolute Gasteiger partial charge is 0.328 e. The quantitative estimate of drug-likeness (QED) is 0.867. The highest BCUT2D eigenvalue weighted by molar-refractivity contribution is 7.10. The Labute approximate surface area is 121 Å². The maximum absolute atomic E-state index is 12.2. The van der Waals surface area contributed by atoms with E-state index >= 15 is 0 Å². The van der Waals surface area contributed by atoms with E-state index in [1.807, 2.05) is 5.38 Å². The molecule has 1 aromatic rings. The fourth-order valence-corrected chi connectivity index (χ4v) is 3.69. The number of methoxy groups -OCH3 is 1. The highest BCUT2D eigenvalue weighted by Crippen LogP contribution is 2.32. The van der Waals surface area contributed by atoms with Crippen molar-refractivity contribution < 1.29 is 19.4 Å². The molecule has 110 valence electrons. The van der Waals surface area contributed by atoms with Gasteiger partial charge in [0.05, 0.1) is 12.2 Å². The van der Waals surface area contributed by atoms with Crippen molar-refractivity contribution in [1.82, 2.24) is 5.32 Å². The van der Waals surface area contributed by atoms with E-state index in [2.05, 4.69) is 12.2 Å². The van der Waals surface area contributed by atoms with Crippen LogP contribution in [0.1, 0.15) is 34.1 Å². The highest BCUT2D eigenvalue weighted by Gasteiger charge is 2.26. The van der Waals surface area contributed by atoms with Gasteiger partial charge in [0.15, 0.2) is 6.04 Å². The number of carbonyl (C=O) groups is 2. The number of ether oxygens (including phenoxy) is 1. The third-order valence-corrected chi connectivity index (χ3v) is 4.63. The molecule has 2 unspecified atom stereocenters. The molecule has 2 atom stereocenters. The lowest BCUT2D eigenvalue weighted by Crippen LogP contribution is -2.44. The fourth-order valence-electron chi connectivity index (χ4n) is 2.45. The first-order chi connectivity index (χ1) is 9.52. The number of amides is 1. The van der Waals surface area contributed by atoms with E-state index in [0.29, 0.717) is 11.5 Å². The average molecular weight is 297 g/mol. The molecule has 1 aromatic heterocycles. The summed E-state index contributed by atoms with van der Waals surface area (Å²) in [5.41, 5.74) is 1.71. The Morgan fingerprint density at radius 2 is 2.35 bits per heavy atom. The van der Waals surface area contributed by atoms with Crippen molar-refractivity contribution in [3.63, 3.8) is 0 Å². The zero-order chi connectivity index (χ0) is 14.7. The second-order valence-corrected chi connectivity index (χ2v) is 6.18. The SMILES string of the molecule is COCC(NC(=O)c1csc2c1CCC(C)C2)C(=O)O. The summed E-state index contributed by atoms with van der Waals surface area (Å²) in [6.45, 7) is 2.17. The standard InChI is InChI=1S/C14H19NO4S/c1-8-3-4-9-10(7-20-12(9)5-8)13(16)15-11(6-19-2)14(17)18/h7-8,11H,3-6H2,1-2H3,(H,15,16)(H,17,18). The van der Waals surface area contributed by atoms with Crippen LogP contribution in [0, 0.1) is 5.92 Å². The second-order valence-electron chi connectivity index (χ2n) is 5.22. The van der Waals surface area contributed by atoms with Gasteiger partial charge >= 0.3 is 5.97 Å². The number of aliphatic carboxylic acids is 1. The van der Waals surface area contributed by atoms with Crippen molar-refractivity contribution >= 4 is 23.2 Å². The second kappa shape index (κ2) is 6.37. The maximum atomic E-state index is 12.2. The number of thiophene rings is 1. The topological polar surface area (TPSA) is 75.6 Å². The zero-order valence-corrected chi connectivity index (χ0v) is 12.5. The van der Waals surface area contributed by atoms with Crippen LogP contribution >= 0.6 is 11.3 Å². The Hall–Kier alpha value is -1.40. The number of nitrogens with one attached hydrogen (secondary N) is 1. The molecule has 0 saturated heterocycles. The molecule has 5 nitrogen and oxygen atoms in total. The minimum Gasteiger partial charge on any atom is -0.480 e. The summed E-state index contributed by atoms with van der Waals surface area (Å²) in [5.74, 6) is -0.753. The molecule has 0 fully saturated rings. The molecular weight excluding hydrogens is 278 g/mol. The lowest BCUT2D eigenvalue weighted by molar-refractivity contribution is -0.140. The lowest BCUT2D eigenvalue weighted by Gasteiger charge is -2.19. The highest BCUT2D eigenvalue weighted by atomic mass is 32.1. The van der Waals surface area contributed by atoms with Gasteiger partial charge in [-0.3, -0.25) is 4.79 Å². The van der Waals surface area contributed by atoms with Gasteiger partial charge in [-0.1, -0.05) is 6.92 Å². The summed E-state index contributed by atoms with van der Waals surface area (Å²) < 4.78 is 4.82. The van der Waals surface area contributed by atoms with Crippen molar-refractivity contribution in [3.8, 4) is 0 Å². The predicted molar refractivity (Wildman–Crippen MR) is 76.3 cm³/mol. The van der Waals surface area contributed by atoms with Crippen LogP contribution in [0.5, 0.6) is 0 Å². The van der Waals surface area contributed by atoms with E-state index < -0.39 is 12.0 Å². The van der Waals surface area contributed by atoms with Gasteiger partial charge < -0.3 is 15.2 Å². The molecule has 2 N–H and O–H groups in total.